The van der Waals surface area contributed by atoms with Crippen molar-refractivity contribution in [3.05, 3.63) is 23.9 Å². The minimum atomic E-state index is 0.140. The van der Waals surface area contributed by atoms with E-state index < -0.39 is 0 Å². The molecule has 1 aliphatic heterocycles. The van der Waals surface area contributed by atoms with Crippen LogP contribution in [0.2, 0.25) is 0 Å². The summed E-state index contributed by atoms with van der Waals surface area (Å²) < 4.78 is 0. The van der Waals surface area contributed by atoms with Crippen LogP contribution < -0.4 is 4.90 Å². The molecule has 0 aromatic carbocycles. The maximum Gasteiger partial charge on any atom is 0.219 e. The summed E-state index contributed by atoms with van der Waals surface area (Å²) in [5.74, 6) is 1.08. The third-order valence-corrected chi connectivity index (χ3v) is 3.26. The monoisotopic (exact) mass is 249 g/mol. The minimum Gasteiger partial charge on any atom is -0.396 e. The molecule has 1 aromatic heterocycles. The van der Waals surface area contributed by atoms with Crippen molar-refractivity contribution in [2.75, 3.05) is 37.7 Å². The van der Waals surface area contributed by atoms with Gasteiger partial charge in [0.15, 0.2) is 0 Å². The van der Waals surface area contributed by atoms with E-state index in [1.165, 1.54) is 0 Å². The summed E-state index contributed by atoms with van der Waals surface area (Å²) in [5, 5.41) is 8.84. The first-order chi connectivity index (χ1) is 8.70. The molecule has 1 saturated heterocycles. The van der Waals surface area contributed by atoms with Crippen molar-refractivity contribution >= 4 is 11.7 Å². The van der Waals surface area contributed by atoms with Crippen molar-refractivity contribution in [1.82, 2.24) is 9.88 Å². The standard InChI is InChI=1S/C13H19N3O2/c1-11(18)15-5-7-16(8-6-15)13-3-2-12(4-9-17)10-14-13/h2-3,10,17H,4-9H2,1H3. The quantitative estimate of drug-likeness (QED) is 0.836. The number of rotatable bonds is 3. The molecule has 1 N–H and O–H groups in total. The second-order valence-electron chi connectivity index (χ2n) is 4.49. The lowest BCUT2D eigenvalue weighted by atomic mass is 10.2. The summed E-state index contributed by atoms with van der Waals surface area (Å²) in [6.45, 7) is 4.93. The van der Waals surface area contributed by atoms with Gasteiger partial charge in [-0.1, -0.05) is 6.07 Å². The molecule has 0 radical (unpaired) electrons. The molecule has 2 rings (SSSR count). The molecular weight excluding hydrogens is 230 g/mol. The number of nitrogens with zero attached hydrogens (tertiary/aromatic N) is 3. The Balaban J connectivity index is 1.95. The van der Waals surface area contributed by atoms with Crippen LogP contribution in [0, 0.1) is 0 Å². The molecule has 0 spiro atoms. The maximum absolute atomic E-state index is 11.2. The zero-order valence-corrected chi connectivity index (χ0v) is 10.7. The van der Waals surface area contributed by atoms with Gasteiger partial charge in [-0.3, -0.25) is 4.79 Å². The molecule has 5 nitrogen and oxygen atoms in total. The van der Waals surface area contributed by atoms with Crippen molar-refractivity contribution in [3.8, 4) is 0 Å². The molecule has 0 unspecified atom stereocenters. The number of aliphatic hydroxyl groups is 1. The number of aromatic nitrogens is 1. The highest BCUT2D eigenvalue weighted by molar-refractivity contribution is 5.73. The molecule has 5 heteroatoms. The molecule has 1 amide bonds. The predicted molar refractivity (Wildman–Crippen MR) is 69.5 cm³/mol. The summed E-state index contributed by atoms with van der Waals surface area (Å²) >= 11 is 0. The van der Waals surface area contributed by atoms with Crippen LogP contribution in [0.15, 0.2) is 18.3 Å². The Morgan fingerprint density at radius 1 is 1.33 bits per heavy atom. The molecule has 0 bridgehead atoms. The average molecular weight is 249 g/mol. The molecular formula is C13H19N3O2. The van der Waals surface area contributed by atoms with E-state index in [1.54, 1.807) is 6.92 Å². The molecule has 1 aromatic rings. The third-order valence-electron chi connectivity index (χ3n) is 3.26. The van der Waals surface area contributed by atoms with Gasteiger partial charge in [0, 0.05) is 45.9 Å². The Morgan fingerprint density at radius 3 is 2.56 bits per heavy atom. The second kappa shape index (κ2) is 5.82. The first kappa shape index (κ1) is 12.8. The van der Waals surface area contributed by atoms with E-state index in [0.29, 0.717) is 6.42 Å². The fourth-order valence-corrected chi connectivity index (χ4v) is 2.13. The maximum atomic E-state index is 11.2. The first-order valence-corrected chi connectivity index (χ1v) is 6.27. The lowest BCUT2D eigenvalue weighted by Crippen LogP contribution is -2.48. The lowest BCUT2D eigenvalue weighted by molar-refractivity contribution is -0.129. The number of carbonyl (C=O) groups excluding carboxylic acids is 1. The van der Waals surface area contributed by atoms with Gasteiger partial charge in [0.2, 0.25) is 5.91 Å². The Morgan fingerprint density at radius 2 is 2.06 bits per heavy atom. The predicted octanol–water partition coefficient (Wildman–Crippen LogP) is 0.285. The zero-order chi connectivity index (χ0) is 13.0. The first-order valence-electron chi connectivity index (χ1n) is 6.27. The Kier molecular flexibility index (Phi) is 4.15. The minimum absolute atomic E-state index is 0.140. The molecule has 0 aliphatic carbocycles. The van der Waals surface area contributed by atoms with Crippen molar-refractivity contribution in [2.45, 2.75) is 13.3 Å². The summed E-state index contributed by atoms with van der Waals surface area (Å²) in [5.41, 5.74) is 1.05. The van der Waals surface area contributed by atoms with Crippen molar-refractivity contribution in [1.29, 1.82) is 0 Å². The van der Waals surface area contributed by atoms with E-state index >= 15 is 0 Å². The molecule has 0 atom stereocenters. The third kappa shape index (κ3) is 2.98. The Hall–Kier alpha value is -1.62. The summed E-state index contributed by atoms with van der Waals surface area (Å²) in [7, 11) is 0. The van der Waals surface area contributed by atoms with Gasteiger partial charge in [0.1, 0.15) is 5.82 Å². The van der Waals surface area contributed by atoms with E-state index in [9.17, 15) is 4.79 Å². The molecule has 1 fully saturated rings. The fraction of sp³-hybridized carbons (Fsp3) is 0.538. The van der Waals surface area contributed by atoms with Gasteiger partial charge in [0.25, 0.3) is 0 Å². The number of anilines is 1. The van der Waals surface area contributed by atoms with E-state index in [-0.39, 0.29) is 12.5 Å². The number of aliphatic hydroxyl groups excluding tert-OH is 1. The smallest absolute Gasteiger partial charge is 0.219 e. The normalized spacial score (nSPS) is 15.9. The number of amides is 1. The molecule has 18 heavy (non-hydrogen) atoms. The van der Waals surface area contributed by atoms with Crippen molar-refractivity contribution in [3.63, 3.8) is 0 Å². The SMILES string of the molecule is CC(=O)N1CCN(c2ccc(CCO)cn2)CC1. The highest BCUT2D eigenvalue weighted by Crippen LogP contribution is 2.14. The van der Waals surface area contributed by atoms with Crippen LogP contribution >= 0.6 is 0 Å². The Labute approximate surface area is 107 Å². The molecule has 0 saturated carbocycles. The highest BCUT2D eigenvalue weighted by atomic mass is 16.3. The second-order valence-corrected chi connectivity index (χ2v) is 4.49. The van der Waals surface area contributed by atoms with Gasteiger partial charge in [-0.05, 0) is 18.1 Å². The molecule has 2 heterocycles. The average Bonchev–Trinajstić information content (AvgIpc) is 2.40. The van der Waals surface area contributed by atoms with Gasteiger partial charge >= 0.3 is 0 Å². The van der Waals surface area contributed by atoms with Gasteiger partial charge in [-0.15, -0.1) is 0 Å². The number of piperazine rings is 1. The van der Waals surface area contributed by atoms with E-state index in [4.69, 9.17) is 5.11 Å². The van der Waals surface area contributed by atoms with E-state index in [0.717, 1.165) is 37.6 Å². The highest BCUT2D eigenvalue weighted by Gasteiger charge is 2.19. The van der Waals surface area contributed by atoms with Crippen LogP contribution in [0.25, 0.3) is 0 Å². The van der Waals surface area contributed by atoms with Crippen LogP contribution in [0.1, 0.15) is 12.5 Å². The van der Waals surface area contributed by atoms with Crippen molar-refractivity contribution in [2.24, 2.45) is 0 Å². The largest absolute Gasteiger partial charge is 0.396 e. The molecule has 98 valence electrons. The van der Waals surface area contributed by atoms with Crippen LogP contribution in [0.3, 0.4) is 0 Å². The van der Waals surface area contributed by atoms with Crippen molar-refractivity contribution < 1.29 is 9.90 Å². The van der Waals surface area contributed by atoms with Crippen LogP contribution in [-0.4, -0.2) is 53.7 Å². The summed E-state index contributed by atoms with van der Waals surface area (Å²) in [4.78, 5) is 19.7. The number of carbonyl (C=O) groups is 1. The zero-order valence-electron chi connectivity index (χ0n) is 10.7. The fourth-order valence-electron chi connectivity index (χ4n) is 2.13. The van der Waals surface area contributed by atoms with Crippen LogP contribution in [-0.2, 0) is 11.2 Å². The number of hydrogen-bond donors (Lipinski definition) is 1. The topological polar surface area (TPSA) is 56.7 Å². The summed E-state index contributed by atoms with van der Waals surface area (Å²) in [6, 6.07) is 3.98. The van der Waals surface area contributed by atoms with Gasteiger partial charge in [-0.25, -0.2) is 4.98 Å². The van der Waals surface area contributed by atoms with E-state index in [2.05, 4.69) is 9.88 Å². The summed E-state index contributed by atoms with van der Waals surface area (Å²) in [6.07, 6.45) is 2.45. The Bertz CT molecular complexity index is 397. The van der Waals surface area contributed by atoms with Gasteiger partial charge in [0.05, 0.1) is 0 Å². The number of hydrogen-bond acceptors (Lipinski definition) is 4. The number of pyridine rings is 1. The van der Waals surface area contributed by atoms with Crippen LogP contribution in [0.5, 0.6) is 0 Å². The van der Waals surface area contributed by atoms with Gasteiger partial charge < -0.3 is 14.9 Å². The van der Waals surface area contributed by atoms with E-state index in [1.807, 2.05) is 23.2 Å². The van der Waals surface area contributed by atoms with Crippen LogP contribution in [0.4, 0.5) is 5.82 Å². The van der Waals surface area contributed by atoms with Gasteiger partial charge in [-0.2, -0.15) is 0 Å². The molecule has 1 aliphatic rings. The lowest BCUT2D eigenvalue weighted by Gasteiger charge is -2.34.